The molecule has 0 saturated heterocycles. The van der Waals surface area contributed by atoms with E-state index in [1.165, 1.54) is 11.7 Å². The standard InChI is InChI=1S/C14H17ClF3N7/c1-13(2,6-19)7-25-5-9(10(15)24-25)22-12-21-4-8(14(16,17)18)11(20-3)23-12/h4-5,11,20H,7H2,1-3H3,(H2,21,22,23). The lowest BCUT2D eigenvalue weighted by Crippen LogP contribution is -2.51. The van der Waals surface area contributed by atoms with Crippen LogP contribution in [0.1, 0.15) is 13.8 Å². The number of nitrogens with one attached hydrogen (secondary N) is 3. The average molecular weight is 376 g/mol. The highest BCUT2D eigenvalue weighted by atomic mass is 35.5. The molecule has 11 heteroatoms. The van der Waals surface area contributed by atoms with Crippen LogP contribution >= 0.6 is 11.6 Å². The molecule has 0 radical (unpaired) electrons. The highest BCUT2D eigenvalue weighted by Crippen LogP contribution is 2.29. The van der Waals surface area contributed by atoms with Crippen LogP contribution in [0.2, 0.25) is 5.15 Å². The Morgan fingerprint density at radius 2 is 2.12 bits per heavy atom. The van der Waals surface area contributed by atoms with Crippen molar-refractivity contribution in [3.8, 4) is 6.07 Å². The van der Waals surface area contributed by atoms with Crippen LogP contribution in [0.25, 0.3) is 0 Å². The van der Waals surface area contributed by atoms with Crippen LogP contribution in [0.5, 0.6) is 0 Å². The van der Waals surface area contributed by atoms with Crippen molar-refractivity contribution < 1.29 is 13.2 Å². The van der Waals surface area contributed by atoms with Crippen LogP contribution < -0.4 is 16.0 Å². The third kappa shape index (κ3) is 4.64. The summed E-state index contributed by atoms with van der Waals surface area (Å²) in [5.74, 6) is 0.0911. The van der Waals surface area contributed by atoms with Gasteiger partial charge in [-0.2, -0.15) is 23.5 Å². The molecule has 0 aromatic carbocycles. The summed E-state index contributed by atoms with van der Waals surface area (Å²) in [4.78, 5) is 3.74. The predicted octanol–water partition coefficient (Wildman–Crippen LogP) is 2.45. The van der Waals surface area contributed by atoms with Crippen molar-refractivity contribution in [1.29, 1.82) is 5.26 Å². The highest BCUT2D eigenvalue weighted by Gasteiger charge is 2.40. The summed E-state index contributed by atoms with van der Waals surface area (Å²) in [7, 11) is 1.40. The quantitative estimate of drug-likeness (QED) is 0.752. The number of aliphatic imine (C=N–C) groups is 1. The van der Waals surface area contributed by atoms with Gasteiger partial charge in [0.2, 0.25) is 5.96 Å². The Labute approximate surface area is 147 Å². The summed E-state index contributed by atoms with van der Waals surface area (Å²) in [6.07, 6.45) is -3.34. The van der Waals surface area contributed by atoms with E-state index in [0.29, 0.717) is 12.2 Å². The molecule has 25 heavy (non-hydrogen) atoms. The van der Waals surface area contributed by atoms with Gasteiger partial charge in [-0.15, -0.1) is 0 Å². The third-order valence-electron chi connectivity index (χ3n) is 3.37. The molecule has 2 heterocycles. The third-order valence-corrected chi connectivity index (χ3v) is 3.65. The molecule has 1 aliphatic heterocycles. The summed E-state index contributed by atoms with van der Waals surface area (Å²) in [6, 6.07) is 2.15. The molecule has 136 valence electrons. The van der Waals surface area contributed by atoms with Gasteiger partial charge in [-0.3, -0.25) is 10.00 Å². The molecule has 1 unspecified atom stereocenters. The number of guanidine groups is 1. The van der Waals surface area contributed by atoms with Gasteiger partial charge in [0.05, 0.1) is 35.5 Å². The number of nitriles is 1. The molecular weight excluding hydrogens is 359 g/mol. The van der Waals surface area contributed by atoms with Gasteiger partial charge in [-0.1, -0.05) is 11.6 Å². The summed E-state index contributed by atoms with van der Waals surface area (Å²) in [5, 5.41) is 21.2. The van der Waals surface area contributed by atoms with Crippen molar-refractivity contribution in [3.05, 3.63) is 23.1 Å². The smallest absolute Gasteiger partial charge is 0.336 e. The number of anilines is 1. The first-order valence-electron chi connectivity index (χ1n) is 7.26. The Kier molecular flexibility index (Phi) is 5.29. The Bertz CT molecular complexity index is 743. The molecule has 1 atom stereocenters. The second kappa shape index (κ2) is 6.93. The summed E-state index contributed by atoms with van der Waals surface area (Å²) in [5.41, 5.74) is -1.12. The number of likely N-dealkylation sites (N-methyl/N-ethyl adjacent to an activating group) is 1. The van der Waals surface area contributed by atoms with E-state index in [2.05, 4.69) is 32.1 Å². The first-order chi connectivity index (χ1) is 11.6. The fraction of sp³-hybridized carbons (Fsp3) is 0.500. The minimum absolute atomic E-state index is 0.0911. The molecule has 0 aliphatic carbocycles. The van der Waals surface area contributed by atoms with Gasteiger partial charge < -0.3 is 10.6 Å². The first-order valence-corrected chi connectivity index (χ1v) is 7.63. The van der Waals surface area contributed by atoms with E-state index >= 15 is 0 Å². The summed E-state index contributed by atoms with van der Waals surface area (Å²) < 4.78 is 40.2. The van der Waals surface area contributed by atoms with E-state index in [9.17, 15) is 13.2 Å². The molecular formula is C14H17ClF3N7. The maximum Gasteiger partial charge on any atom is 0.417 e. The molecule has 2 rings (SSSR count). The molecule has 0 fully saturated rings. The van der Waals surface area contributed by atoms with Gasteiger partial charge in [-0.05, 0) is 20.9 Å². The molecule has 1 aromatic heterocycles. The van der Waals surface area contributed by atoms with Gasteiger partial charge in [-0.25, -0.2) is 4.99 Å². The lowest BCUT2D eigenvalue weighted by molar-refractivity contribution is -0.0974. The van der Waals surface area contributed by atoms with Crippen molar-refractivity contribution in [1.82, 2.24) is 20.4 Å². The number of nitrogens with zero attached hydrogens (tertiary/aromatic N) is 4. The number of aromatic nitrogens is 2. The van der Waals surface area contributed by atoms with Gasteiger partial charge in [0.25, 0.3) is 0 Å². The second-order valence-electron chi connectivity index (χ2n) is 6.08. The van der Waals surface area contributed by atoms with Gasteiger partial charge in [0, 0.05) is 6.20 Å². The predicted molar refractivity (Wildman–Crippen MR) is 87.8 cm³/mol. The molecule has 0 bridgehead atoms. The maximum absolute atomic E-state index is 12.9. The topological polar surface area (TPSA) is 90.1 Å². The number of hydrogen-bond donors (Lipinski definition) is 3. The van der Waals surface area contributed by atoms with E-state index in [1.54, 1.807) is 20.0 Å². The Hall–Kier alpha value is -2.25. The Morgan fingerprint density at radius 1 is 1.44 bits per heavy atom. The van der Waals surface area contributed by atoms with Gasteiger partial charge in [0.1, 0.15) is 6.17 Å². The Balaban J connectivity index is 2.18. The second-order valence-corrected chi connectivity index (χ2v) is 6.44. The zero-order valence-corrected chi connectivity index (χ0v) is 14.5. The largest absolute Gasteiger partial charge is 0.417 e. The minimum Gasteiger partial charge on any atom is -0.336 e. The number of halogens is 4. The lowest BCUT2D eigenvalue weighted by Gasteiger charge is -2.27. The molecule has 0 spiro atoms. The fourth-order valence-corrected chi connectivity index (χ4v) is 2.32. The van der Waals surface area contributed by atoms with E-state index in [4.69, 9.17) is 16.9 Å². The molecule has 1 aliphatic rings. The summed E-state index contributed by atoms with van der Waals surface area (Å²) in [6.45, 7) is 3.81. The number of hydrogen-bond acceptors (Lipinski definition) is 6. The van der Waals surface area contributed by atoms with Crippen LogP contribution in [-0.2, 0) is 6.54 Å². The Morgan fingerprint density at radius 3 is 2.68 bits per heavy atom. The molecule has 1 aromatic rings. The van der Waals surface area contributed by atoms with Crippen LogP contribution in [0.4, 0.5) is 18.9 Å². The zero-order chi connectivity index (χ0) is 18.8. The lowest BCUT2D eigenvalue weighted by atomic mass is 9.96. The van der Waals surface area contributed by atoms with Crippen LogP contribution in [0.15, 0.2) is 23.0 Å². The van der Waals surface area contributed by atoms with Crippen molar-refractivity contribution >= 4 is 23.2 Å². The number of rotatable bonds is 4. The molecule has 3 N–H and O–H groups in total. The SMILES string of the molecule is CNC1NC(Nc2cn(CC(C)(C)C#N)nc2Cl)=NC=C1C(F)(F)F. The van der Waals surface area contributed by atoms with Crippen LogP contribution in [-0.4, -0.2) is 35.1 Å². The average Bonchev–Trinajstić information content (AvgIpc) is 2.84. The van der Waals surface area contributed by atoms with E-state index in [1.807, 2.05) is 0 Å². The normalized spacial score (nSPS) is 18.1. The van der Waals surface area contributed by atoms with Gasteiger partial charge in [0.15, 0.2) is 5.15 Å². The maximum atomic E-state index is 12.9. The van der Waals surface area contributed by atoms with Crippen LogP contribution in [0.3, 0.4) is 0 Å². The van der Waals surface area contributed by atoms with Crippen molar-refractivity contribution in [2.24, 2.45) is 10.4 Å². The number of alkyl halides is 3. The summed E-state index contributed by atoms with van der Waals surface area (Å²) >= 11 is 6.04. The van der Waals surface area contributed by atoms with Crippen molar-refractivity contribution in [2.75, 3.05) is 12.4 Å². The van der Waals surface area contributed by atoms with Crippen molar-refractivity contribution in [3.63, 3.8) is 0 Å². The van der Waals surface area contributed by atoms with E-state index in [0.717, 1.165) is 6.20 Å². The van der Waals surface area contributed by atoms with E-state index in [-0.39, 0.29) is 11.1 Å². The minimum atomic E-state index is -4.50. The fourth-order valence-electron chi connectivity index (χ4n) is 2.12. The monoisotopic (exact) mass is 375 g/mol. The zero-order valence-electron chi connectivity index (χ0n) is 13.7. The van der Waals surface area contributed by atoms with Gasteiger partial charge >= 0.3 is 6.18 Å². The van der Waals surface area contributed by atoms with Crippen LogP contribution in [0, 0.1) is 16.7 Å². The molecule has 0 saturated carbocycles. The molecule has 7 nitrogen and oxygen atoms in total. The van der Waals surface area contributed by atoms with Crippen molar-refractivity contribution in [2.45, 2.75) is 32.7 Å². The highest BCUT2D eigenvalue weighted by molar-refractivity contribution is 6.32. The van der Waals surface area contributed by atoms with E-state index < -0.39 is 23.3 Å². The first kappa shape index (κ1) is 19.1. The molecule has 0 amide bonds.